The highest BCUT2D eigenvalue weighted by Gasteiger charge is 2.33. The van der Waals surface area contributed by atoms with E-state index in [2.05, 4.69) is 55.7 Å². The second-order valence-electron chi connectivity index (χ2n) is 7.04. The molecule has 2 rings (SSSR count). The van der Waals surface area contributed by atoms with Crippen LogP contribution in [0.15, 0.2) is 24.3 Å². The highest BCUT2D eigenvalue weighted by Crippen LogP contribution is 2.32. The first-order chi connectivity index (χ1) is 11.9. The molecule has 146 valence electrons. The quantitative estimate of drug-likeness (QED) is 0.625. The molecule has 7 heteroatoms. The predicted molar refractivity (Wildman–Crippen MR) is 109 cm³/mol. The number of aliphatic carboxylic acids is 1. The van der Waals surface area contributed by atoms with Crippen molar-refractivity contribution >= 4 is 36.0 Å². The summed E-state index contributed by atoms with van der Waals surface area (Å²) >= 11 is 1.75. The van der Waals surface area contributed by atoms with Crippen molar-refractivity contribution in [2.24, 2.45) is 5.92 Å². The number of halogens is 1. The normalized spacial score (nSPS) is 20.5. The third-order valence-corrected chi connectivity index (χ3v) is 5.80. The second-order valence-corrected chi connectivity index (χ2v) is 8.21. The van der Waals surface area contributed by atoms with Crippen LogP contribution in [0, 0.1) is 5.92 Å². The monoisotopic (exact) mass is 400 g/mol. The van der Waals surface area contributed by atoms with E-state index in [1.54, 1.807) is 11.8 Å². The van der Waals surface area contributed by atoms with Crippen molar-refractivity contribution in [3.8, 4) is 0 Å². The number of carboxylic acids is 1. The molecule has 0 spiro atoms. The maximum atomic E-state index is 12.1. The van der Waals surface area contributed by atoms with E-state index < -0.39 is 5.97 Å². The molecule has 1 saturated heterocycles. The number of nitrogens with one attached hydrogen (secondary N) is 2. The molecular weight excluding hydrogens is 372 g/mol. The standard InChI is InChI=1S/C19H28N2O3S.ClH/c1-12(2)10-14-4-6-15(7-5-14)13(3)19-21-16(11-25-19)18(24)20-9-8-17(22)23;/h4-7,12-13,16,19,21H,8-11H2,1-3H3,(H,20,24)(H,22,23);1H/t13-,16+,19?;/m1./s1. The van der Waals surface area contributed by atoms with Gasteiger partial charge >= 0.3 is 5.97 Å². The maximum Gasteiger partial charge on any atom is 0.305 e. The summed E-state index contributed by atoms with van der Waals surface area (Å²) in [5, 5.41) is 14.9. The van der Waals surface area contributed by atoms with Gasteiger partial charge in [0.1, 0.15) is 0 Å². The summed E-state index contributed by atoms with van der Waals surface area (Å²) in [6.45, 7) is 6.79. The average molecular weight is 401 g/mol. The lowest BCUT2D eigenvalue weighted by Crippen LogP contribution is -2.45. The fraction of sp³-hybridized carbons (Fsp3) is 0.579. The zero-order valence-electron chi connectivity index (χ0n) is 15.5. The summed E-state index contributed by atoms with van der Waals surface area (Å²) in [6, 6.07) is 8.50. The van der Waals surface area contributed by atoms with Gasteiger partial charge in [-0.05, 0) is 23.5 Å². The van der Waals surface area contributed by atoms with E-state index in [9.17, 15) is 9.59 Å². The summed E-state index contributed by atoms with van der Waals surface area (Å²) in [4.78, 5) is 22.6. The molecule has 0 aliphatic carbocycles. The Morgan fingerprint density at radius 1 is 1.27 bits per heavy atom. The molecule has 1 amide bonds. The highest BCUT2D eigenvalue weighted by molar-refractivity contribution is 8.00. The third kappa shape index (κ3) is 6.82. The maximum absolute atomic E-state index is 12.1. The van der Waals surface area contributed by atoms with E-state index in [0.717, 1.165) is 6.42 Å². The van der Waals surface area contributed by atoms with Crippen molar-refractivity contribution in [1.29, 1.82) is 0 Å². The van der Waals surface area contributed by atoms with Crippen LogP contribution in [0.5, 0.6) is 0 Å². The van der Waals surface area contributed by atoms with E-state index in [4.69, 9.17) is 5.11 Å². The number of hydrogen-bond donors (Lipinski definition) is 3. The zero-order valence-corrected chi connectivity index (χ0v) is 17.2. The van der Waals surface area contributed by atoms with Gasteiger partial charge in [0.25, 0.3) is 0 Å². The minimum absolute atomic E-state index is 0. The second kappa shape index (κ2) is 10.8. The van der Waals surface area contributed by atoms with Gasteiger partial charge in [-0.25, -0.2) is 0 Å². The van der Waals surface area contributed by atoms with Crippen LogP contribution < -0.4 is 10.6 Å². The molecule has 0 saturated carbocycles. The van der Waals surface area contributed by atoms with Gasteiger partial charge in [0, 0.05) is 18.2 Å². The third-order valence-electron chi connectivity index (χ3n) is 4.37. The summed E-state index contributed by atoms with van der Waals surface area (Å²) < 4.78 is 0. The van der Waals surface area contributed by atoms with Crippen molar-refractivity contribution in [2.75, 3.05) is 12.3 Å². The van der Waals surface area contributed by atoms with Crippen LogP contribution in [0.25, 0.3) is 0 Å². The van der Waals surface area contributed by atoms with Crippen LogP contribution in [0.4, 0.5) is 0 Å². The number of carbonyl (C=O) groups excluding carboxylic acids is 1. The molecule has 26 heavy (non-hydrogen) atoms. The van der Waals surface area contributed by atoms with Crippen molar-refractivity contribution < 1.29 is 14.7 Å². The summed E-state index contributed by atoms with van der Waals surface area (Å²) in [5.74, 6) is 0.641. The SMILES string of the molecule is CC(C)Cc1ccc([C@@H](C)C2N[C@H](C(=O)NCCC(=O)O)CS2)cc1.Cl. The van der Waals surface area contributed by atoms with Gasteiger partial charge in [0.05, 0.1) is 17.8 Å². The van der Waals surface area contributed by atoms with Crippen molar-refractivity contribution in [3.63, 3.8) is 0 Å². The summed E-state index contributed by atoms with van der Waals surface area (Å²) in [7, 11) is 0. The molecule has 5 nitrogen and oxygen atoms in total. The Morgan fingerprint density at radius 2 is 1.92 bits per heavy atom. The van der Waals surface area contributed by atoms with E-state index in [-0.39, 0.29) is 42.7 Å². The number of carboxylic acid groups (broad SMARTS) is 1. The van der Waals surface area contributed by atoms with Gasteiger partial charge < -0.3 is 10.4 Å². The number of benzene rings is 1. The average Bonchev–Trinajstić information content (AvgIpc) is 3.04. The Morgan fingerprint density at radius 3 is 2.50 bits per heavy atom. The van der Waals surface area contributed by atoms with E-state index in [0.29, 0.717) is 17.6 Å². The van der Waals surface area contributed by atoms with Crippen LogP contribution in [0.3, 0.4) is 0 Å². The molecule has 1 aliphatic heterocycles. The zero-order chi connectivity index (χ0) is 18.4. The van der Waals surface area contributed by atoms with Crippen LogP contribution in [0.1, 0.15) is 44.2 Å². The van der Waals surface area contributed by atoms with Crippen LogP contribution in [-0.2, 0) is 16.0 Å². The molecule has 1 unspecified atom stereocenters. The minimum atomic E-state index is -0.901. The molecule has 3 N–H and O–H groups in total. The predicted octanol–water partition coefficient (Wildman–Crippen LogP) is 3.03. The highest BCUT2D eigenvalue weighted by atomic mass is 35.5. The number of hydrogen-bond acceptors (Lipinski definition) is 4. The number of carbonyl (C=O) groups is 2. The number of rotatable bonds is 8. The van der Waals surface area contributed by atoms with Gasteiger partial charge in [-0.2, -0.15) is 0 Å². The Kier molecular flexibility index (Phi) is 9.47. The van der Waals surface area contributed by atoms with Gasteiger partial charge in [-0.1, -0.05) is 45.0 Å². The first-order valence-electron chi connectivity index (χ1n) is 8.82. The lowest BCUT2D eigenvalue weighted by Gasteiger charge is -2.21. The topological polar surface area (TPSA) is 78.4 Å². The lowest BCUT2D eigenvalue weighted by molar-refractivity contribution is -0.136. The smallest absolute Gasteiger partial charge is 0.305 e. The molecule has 1 aromatic carbocycles. The molecular formula is C19H29ClN2O3S. The number of thioether (sulfide) groups is 1. The summed E-state index contributed by atoms with van der Waals surface area (Å²) in [5.41, 5.74) is 2.62. The van der Waals surface area contributed by atoms with E-state index in [1.807, 2.05) is 0 Å². The first-order valence-corrected chi connectivity index (χ1v) is 9.87. The fourth-order valence-corrected chi connectivity index (χ4v) is 4.31. The summed E-state index contributed by atoms with van der Waals surface area (Å²) in [6.07, 6.45) is 1.04. The van der Waals surface area contributed by atoms with Crippen LogP contribution >= 0.6 is 24.2 Å². The van der Waals surface area contributed by atoms with Crippen LogP contribution in [-0.4, -0.2) is 40.7 Å². The molecule has 1 heterocycles. The lowest BCUT2D eigenvalue weighted by atomic mass is 9.96. The van der Waals surface area contributed by atoms with Gasteiger partial charge in [-0.3, -0.25) is 14.9 Å². The number of amides is 1. The van der Waals surface area contributed by atoms with Gasteiger partial charge in [0.15, 0.2) is 0 Å². The fourth-order valence-electron chi connectivity index (χ4n) is 2.95. The Balaban J connectivity index is 0.00000338. The molecule has 1 aliphatic rings. The van der Waals surface area contributed by atoms with Gasteiger partial charge in [0.2, 0.25) is 5.91 Å². The molecule has 3 atom stereocenters. The van der Waals surface area contributed by atoms with Crippen molar-refractivity contribution in [1.82, 2.24) is 10.6 Å². The van der Waals surface area contributed by atoms with Crippen LogP contribution in [0.2, 0.25) is 0 Å². The molecule has 0 bridgehead atoms. The largest absolute Gasteiger partial charge is 0.481 e. The Hall–Kier alpha value is -1.24. The molecule has 1 aromatic rings. The van der Waals surface area contributed by atoms with E-state index >= 15 is 0 Å². The van der Waals surface area contributed by atoms with Gasteiger partial charge in [-0.15, -0.1) is 24.2 Å². The Labute approximate surface area is 166 Å². The van der Waals surface area contributed by atoms with Crippen molar-refractivity contribution in [3.05, 3.63) is 35.4 Å². The minimum Gasteiger partial charge on any atom is -0.481 e. The van der Waals surface area contributed by atoms with Crippen molar-refractivity contribution in [2.45, 2.75) is 50.9 Å². The molecule has 0 aromatic heterocycles. The Bertz CT molecular complexity index is 595. The molecule has 0 radical (unpaired) electrons. The van der Waals surface area contributed by atoms with E-state index in [1.165, 1.54) is 11.1 Å². The molecule has 1 fully saturated rings. The first kappa shape index (κ1) is 22.8.